The number of benzene rings is 2. The van der Waals surface area contributed by atoms with Crippen molar-refractivity contribution >= 4 is 17.7 Å². The van der Waals surface area contributed by atoms with Gasteiger partial charge >= 0.3 is 0 Å². The summed E-state index contributed by atoms with van der Waals surface area (Å²) in [6, 6.07) is 18.0. The number of amides is 1. The van der Waals surface area contributed by atoms with E-state index < -0.39 is 0 Å². The van der Waals surface area contributed by atoms with E-state index in [1.165, 1.54) is 30.2 Å². The molecule has 31 heavy (non-hydrogen) atoms. The highest BCUT2D eigenvalue weighted by Gasteiger charge is 2.24. The van der Waals surface area contributed by atoms with Crippen LogP contribution in [0.3, 0.4) is 0 Å². The van der Waals surface area contributed by atoms with Crippen molar-refractivity contribution in [3.05, 3.63) is 60.2 Å². The molecule has 4 rings (SSSR count). The zero-order valence-corrected chi connectivity index (χ0v) is 18.3. The van der Waals surface area contributed by atoms with Crippen LogP contribution >= 0.6 is 11.8 Å². The number of carbonyl (C=O) groups is 1. The van der Waals surface area contributed by atoms with Gasteiger partial charge in [-0.15, -0.1) is 10.2 Å². The van der Waals surface area contributed by atoms with Gasteiger partial charge in [-0.2, -0.15) is 0 Å². The molecule has 1 fully saturated rings. The molecule has 0 radical (unpaired) electrons. The maximum atomic E-state index is 12.5. The van der Waals surface area contributed by atoms with Crippen LogP contribution in [0.4, 0.5) is 0 Å². The summed E-state index contributed by atoms with van der Waals surface area (Å²) in [5, 5.41) is 11.6. The Kier molecular flexibility index (Phi) is 7.22. The third kappa shape index (κ3) is 5.65. The minimum Gasteiger partial charge on any atom is -0.497 e. The van der Waals surface area contributed by atoms with Gasteiger partial charge in [0.05, 0.1) is 18.9 Å². The molecule has 0 bridgehead atoms. The first kappa shape index (κ1) is 21.4. The van der Waals surface area contributed by atoms with E-state index in [0.717, 1.165) is 24.4 Å². The van der Waals surface area contributed by atoms with Gasteiger partial charge in [0.2, 0.25) is 11.8 Å². The van der Waals surface area contributed by atoms with E-state index in [4.69, 9.17) is 9.15 Å². The van der Waals surface area contributed by atoms with Gasteiger partial charge < -0.3 is 14.5 Å². The minimum absolute atomic E-state index is 0.0469. The Hall–Kier alpha value is -2.84. The van der Waals surface area contributed by atoms with Crippen LogP contribution in [0.15, 0.2) is 64.2 Å². The second-order valence-corrected chi connectivity index (χ2v) is 8.29. The summed E-state index contributed by atoms with van der Waals surface area (Å²) in [7, 11) is 1.62. The summed E-state index contributed by atoms with van der Waals surface area (Å²) >= 11 is 1.24. The normalized spacial score (nSPS) is 15.0. The van der Waals surface area contributed by atoms with Crippen molar-refractivity contribution in [3.63, 3.8) is 0 Å². The maximum Gasteiger partial charge on any atom is 0.277 e. The second-order valence-electron chi connectivity index (χ2n) is 7.36. The lowest BCUT2D eigenvalue weighted by Gasteiger charge is -2.28. The molecule has 162 valence electrons. The molecule has 2 heterocycles. The molecule has 1 aliphatic rings. The van der Waals surface area contributed by atoms with E-state index in [0.29, 0.717) is 17.7 Å². The predicted octanol–water partition coefficient (Wildman–Crippen LogP) is 3.79. The number of carbonyl (C=O) groups excluding carboxylic acids is 1. The summed E-state index contributed by atoms with van der Waals surface area (Å²) in [5.74, 6) is 1.36. The zero-order chi connectivity index (χ0) is 21.5. The van der Waals surface area contributed by atoms with Crippen molar-refractivity contribution in [1.29, 1.82) is 0 Å². The molecule has 8 heteroatoms. The average molecular weight is 439 g/mol. The van der Waals surface area contributed by atoms with Crippen LogP contribution in [0.25, 0.3) is 11.5 Å². The number of likely N-dealkylation sites (tertiary alicyclic amines) is 1. The monoisotopic (exact) mass is 438 g/mol. The first-order valence-corrected chi connectivity index (χ1v) is 11.4. The van der Waals surface area contributed by atoms with Gasteiger partial charge in [0.25, 0.3) is 5.22 Å². The van der Waals surface area contributed by atoms with Crippen LogP contribution in [0, 0.1) is 0 Å². The number of rotatable bonds is 9. The molecular weight excluding hydrogens is 412 g/mol. The summed E-state index contributed by atoms with van der Waals surface area (Å²) in [4.78, 5) is 14.9. The Balaban J connectivity index is 1.30. The first-order valence-electron chi connectivity index (χ1n) is 10.4. The molecule has 1 aliphatic heterocycles. The lowest BCUT2D eigenvalue weighted by atomic mass is 10.1. The smallest absolute Gasteiger partial charge is 0.277 e. The molecule has 2 aromatic carbocycles. The number of aromatic nitrogens is 2. The van der Waals surface area contributed by atoms with Gasteiger partial charge in [0.1, 0.15) is 5.75 Å². The highest BCUT2D eigenvalue weighted by atomic mass is 32.2. The molecule has 1 saturated heterocycles. The summed E-state index contributed by atoms with van der Waals surface area (Å²) in [5.41, 5.74) is 2.04. The van der Waals surface area contributed by atoms with Crippen LogP contribution < -0.4 is 10.1 Å². The quantitative estimate of drug-likeness (QED) is 0.509. The topological polar surface area (TPSA) is 80.5 Å². The minimum atomic E-state index is -0.0469. The Morgan fingerprint density at radius 3 is 2.58 bits per heavy atom. The number of methoxy groups -OCH3 is 1. The van der Waals surface area contributed by atoms with E-state index in [2.05, 4.69) is 32.5 Å². The van der Waals surface area contributed by atoms with E-state index in [1.54, 1.807) is 7.11 Å². The first-order chi connectivity index (χ1) is 15.2. The molecule has 0 saturated carbocycles. The molecular formula is C23H26N4O3S. The van der Waals surface area contributed by atoms with Crippen LogP contribution in [0.5, 0.6) is 5.75 Å². The number of ether oxygens (including phenoxy) is 1. The highest BCUT2D eigenvalue weighted by Crippen LogP contribution is 2.26. The van der Waals surface area contributed by atoms with Crippen LogP contribution in [-0.2, 0) is 4.79 Å². The third-order valence-corrected chi connectivity index (χ3v) is 6.15. The van der Waals surface area contributed by atoms with Crippen LogP contribution in [-0.4, -0.2) is 53.5 Å². The molecule has 1 amide bonds. The summed E-state index contributed by atoms with van der Waals surface area (Å²) in [6.45, 7) is 2.73. The standard InChI is InChI=1S/C23H26N4O3S/c1-29-19-11-9-18(10-12-19)22-25-26-23(30-22)31-16-21(28)24-15-20(27-13-5-6-14-27)17-7-3-2-4-8-17/h2-4,7-12,20H,5-6,13-16H2,1H3,(H,24,28). The Morgan fingerprint density at radius 2 is 1.87 bits per heavy atom. The molecule has 1 atom stereocenters. The summed E-state index contributed by atoms with van der Waals surface area (Å²) in [6.07, 6.45) is 2.42. The number of hydrogen-bond acceptors (Lipinski definition) is 7. The molecule has 1 N–H and O–H groups in total. The number of nitrogens with one attached hydrogen (secondary N) is 1. The summed E-state index contributed by atoms with van der Waals surface area (Å²) < 4.78 is 10.8. The van der Waals surface area contributed by atoms with Gasteiger partial charge in [-0.05, 0) is 55.8 Å². The Morgan fingerprint density at radius 1 is 1.13 bits per heavy atom. The lowest BCUT2D eigenvalue weighted by molar-refractivity contribution is -0.118. The zero-order valence-electron chi connectivity index (χ0n) is 17.5. The maximum absolute atomic E-state index is 12.5. The van der Waals surface area contributed by atoms with Gasteiger partial charge in [0.15, 0.2) is 0 Å². The number of thioether (sulfide) groups is 1. The molecule has 0 spiro atoms. The molecule has 1 aromatic heterocycles. The van der Waals surface area contributed by atoms with Crippen molar-refractivity contribution in [2.45, 2.75) is 24.1 Å². The second kappa shape index (κ2) is 10.5. The van der Waals surface area contributed by atoms with Gasteiger partial charge in [-0.25, -0.2) is 0 Å². The average Bonchev–Trinajstić information content (AvgIpc) is 3.51. The van der Waals surface area contributed by atoms with E-state index in [9.17, 15) is 4.79 Å². The highest BCUT2D eigenvalue weighted by molar-refractivity contribution is 7.99. The molecule has 3 aromatic rings. The van der Waals surface area contributed by atoms with Crippen molar-refractivity contribution < 1.29 is 13.9 Å². The molecule has 0 aliphatic carbocycles. The van der Waals surface area contributed by atoms with Crippen molar-refractivity contribution in [1.82, 2.24) is 20.4 Å². The van der Waals surface area contributed by atoms with Gasteiger partial charge in [0, 0.05) is 12.1 Å². The van der Waals surface area contributed by atoms with E-state index >= 15 is 0 Å². The van der Waals surface area contributed by atoms with Crippen molar-refractivity contribution in [2.75, 3.05) is 32.5 Å². The van der Waals surface area contributed by atoms with Crippen molar-refractivity contribution in [2.24, 2.45) is 0 Å². The fraction of sp³-hybridized carbons (Fsp3) is 0.348. The number of hydrogen-bond donors (Lipinski definition) is 1. The van der Waals surface area contributed by atoms with Crippen LogP contribution in [0.1, 0.15) is 24.4 Å². The van der Waals surface area contributed by atoms with Crippen LogP contribution in [0.2, 0.25) is 0 Å². The predicted molar refractivity (Wildman–Crippen MR) is 120 cm³/mol. The van der Waals surface area contributed by atoms with E-state index in [1.807, 2.05) is 42.5 Å². The van der Waals surface area contributed by atoms with Gasteiger partial charge in [-0.1, -0.05) is 42.1 Å². The fourth-order valence-electron chi connectivity index (χ4n) is 3.69. The number of nitrogens with zero attached hydrogens (tertiary/aromatic N) is 3. The Bertz CT molecular complexity index is 972. The van der Waals surface area contributed by atoms with Gasteiger partial charge in [-0.3, -0.25) is 9.69 Å². The lowest BCUT2D eigenvalue weighted by Crippen LogP contribution is -2.37. The SMILES string of the molecule is COc1ccc(-c2nnc(SCC(=O)NCC(c3ccccc3)N3CCCC3)o2)cc1. The largest absolute Gasteiger partial charge is 0.497 e. The molecule has 7 nitrogen and oxygen atoms in total. The third-order valence-electron chi connectivity index (χ3n) is 5.33. The van der Waals surface area contributed by atoms with Crippen molar-refractivity contribution in [3.8, 4) is 17.2 Å². The Labute approximate surface area is 186 Å². The fourth-order valence-corrected chi connectivity index (χ4v) is 4.29. The molecule has 1 unspecified atom stereocenters. The van der Waals surface area contributed by atoms with E-state index in [-0.39, 0.29) is 17.7 Å².